The standard InChI is InChI=1S/C15H20O3.C15H12O2/c1-9-5-4-8-15(3)13(18-15)12-11(7-6-9)10(2)14(16)17-12;1-2-13(11-6-4-3-5-7-11)14-10-12(16)8-9-15(14)17/h5,11-13H,2,4,6-8H2,1,3H3;2-10,13H,1H2. The van der Waals surface area contributed by atoms with Crippen molar-refractivity contribution in [2.24, 2.45) is 5.92 Å². The molecular weight excluding hydrogens is 440 g/mol. The van der Waals surface area contributed by atoms with E-state index in [-0.39, 0.29) is 47.2 Å². The highest BCUT2D eigenvalue weighted by Crippen LogP contribution is 2.49. The zero-order chi connectivity index (χ0) is 25.2. The van der Waals surface area contributed by atoms with Crippen LogP contribution in [0.15, 0.2) is 90.6 Å². The fourth-order valence-electron chi connectivity index (χ4n) is 5.08. The van der Waals surface area contributed by atoms with Gasteiger partial charge in [-0.05, 0) is 63.3 Å². The van der Waals surface area contributed by atoms with Crippen molar-refractivity contribution in [3.63, 3.8) is 0 Å². The van der Waals surface area contributed by atoms with Crippen LogP contribution < -0.4 is 0 Å². The second kappa shape index (κ2) is 10.1. The number of hydrogen-bond donors (Lipinski definition) is 0. The number of hydrogen-bond acceptors (Lipinski definition) is 5. The van der Waals surface area contributed by atoms with Gasteiger partial charge in [-0.25, -0.2) is 4.79 Å². The Labute approximate surface area is 206 Å². The van der Waals surface area contributed by atoms with E-state index in [1.807, 2.05) is 30.3 Å². The number of ether oxygens (including phenoxy) is 2. The molecule has 5 nitrogen and oxygen atoms in total. The molecule has 5 heteroatoms. The Hall–Kier alpha value is -3.31. The Morgan fingerprint density at radius 3 is 2.60 bits per heavy atom. The highest BCUT2D eigenvalue weighted by molar-refractivity contribution is 6.18. The molecule has 5 atom stereocenters. The normalized spacial score (nSPS) is 30.5. The Bertz CT molecular complexity index is 1140. The number of rotatable bonds is 3. The van der Waals surface area contributed by atoms with Gasteiger partial charge in [-0.15, -0.1) is 6.58 Å². The van der Waals surface area contributed by atoms with E-state index < -0.39 is 0 Å². The van der Waals surface area contributed by atoms with Crippen LogP contribution in [-0.4, -0.2) is 35.3 Å². The molecule has 0 N–H and O–H groups in total. The van der Waals surface area contributed by atoms with Crippen LogP contribution >= 0.6 is 0 Å². The minimum atomic E-state index is -0.233. The van der Waals surface area contributed by atoms with Crippen molar-refractivity contribution in [2.75, 3.05) is 0 Å². The minimum absolute atomic E-state index is 0.0671. The van der Waals surface area contributed by atoms with E-state index in [0.717, 1.165) is 31.2 Å². The second-order valence-electron chi connectivity index (χ2n) is 9.80. The fraction of sp³-hybridized carbons (Fsp3) is 0.367. The van der Waals surface area contributed by atoms with Gasteiger partial charge in [-0.3, -0.25) is 9.59 Å². The summed E-state index contributed by atoms with van der Waals surface area (Å²) in [6, 6.07) is 9.55. The van der Waals surface area contributed by atoms with Gasteiger partial charge < -0.3 is 9.47 Å². The average Bonchev–Trinajstić information content (AvgIpc) is 3.43. The number of carbonyl (C=O) groups is 3. The van der Waals surface area contributed by atoms with Crippen LogP contribution in [0.3, 0.4) is 0 Å². The average molecular weight is 473 g/mol. The first kappa shape index (κ1) is 24.8. The predicted molar refractivity (Wildman–Crippen MR) is 135 cm³/mol. The number of benzene rings is 1. The summed E-state index contributed by atoms with van der Waals surface area (Å²) in [7, 11) is 0. The molecule has 5 rings (SSSR count). The van der Waals surface area contributed by atoms with E-state index in [2.05, 4.69) is 33.1 Å². The number of allylic oxidation sites excluding steroid dienone is 7. The molecule has 1 aromatic rings. The van der Waals surface area contributed by atoms with Crippen LogP contribution in [0.1, 0.15) is 51.0 Å². The van der Waals surface area contributed by atoms with Gasteiger partial charge in [0.25, 0.3) is 0 Å². The Balaban J connectivity index is 0.000000165. The number of epoxide rings is 1. The fourth-order valence-corrected chi connectivity index (χ4v) is 5.08. The van der Waals surface area contributed by atoms with Gasteiger partial charge in [-0.1, -0.05) is 54.6 Å². The Morgan fingerprint density at radius 1 is 1.14 bits per heavy atom. The van der Waals surface area contributed by atoms with Crippen molar-refractivity contribution in [2.45, 2.75) is 63.3 Å². The van der Waals surface area contributed by atoms with Crippen LogP contribution in [0, 0.1) is 5.92 Å². The summed E-state index contributed by atoms with van der Waals surface area (Å²) in [5, 5.41) is 0. The maximum atomic E-state index is 11.8. The lowest BCUT2D eigenvalue weighted by Gasteiger charge is -2.19. The third kappa shape index (κ3) is 5.35. The molecule has 0 aromatic heterocycles. The third-order valence-electron chi connectivity index (χ3n) is 7.28. The quantitative estimate of drug-likeness (QED) is 0.195. The number of fused-ring (bicyclic) bond motifs is 3. The number of esters is 1. The molecular formula is C30H32O5. The largest absolute Gasteiger partial charge is 0.455 e. The molecule has 2 aliphatic carbocycles. The van der Waals surface area contributed by atoms with Crippen molar-refractivity contribution < 1.29 is 23.9 Å². The van der Waals surface area contributed by atoms with Crippen molar-refractivity contribution >= 4 is 17.5 Å². The van der Waals surface area contributed by atoms with Crippen LogP contribution in [-0.2, 0) is 23.9 Å². The van der Waals surface area contributed by atoms with Gasteiger partial charge in [-0.2, -0.15) is 0 Å². The molecule has 0 radical (unpaired) electrons. The SMILES string of the molecule is C=C1C(=O)OC2C1CCC(C)=CCCC1(C)OC21.C=CC(C1=CC(=O)C=CC1=O)c1ccccc1. The zero-order valence-corrected chi connectivity index (χ0v) is 20.4. The van der Waals surface area contributed by atoms with Gasteiger partial charge in [0.05, 0.1) is 5.60 Å². The number of carbonyl (C=O) groups excluding carboxylic acids is 3. The van der Waals surface area contributed by atoms with E-state index >= 15 is 0 Å². The summed E-state index contributed by atoms with van der Waals surface area (Å²) in [5.41, 5.74) is 3.36. The highest BCUT2D eigenvalue weighted by atomic mass is 16.6. The molecule has 2 saturated heterocycles. The summed E-state index contributed by atoms with van der Waals surface area (Å²) in [5.74, 6) is -0.604. The lowest BCUT2D eigenvalue weighted by atomic mass is 9.84. The maximum absolute atomic E-state index is 11.8. The van der Waals surface area contributed by atoms with Gasteiger partial charge in [0.1, 0.15) is 12.2 Å². The van der Waals surface area contributed by atoms with E-state index in [1.54, 1.807) is 6.08 Å². The monoisotopic (exact) mass is 472 g/mol. The third-order valence-corrected chi connectivity index (χ3v) is 7.28. The Morgan fingerprint density at radius 2 is 1.89 bits per heavy atom. The first-order valence-corrected chi connectivity index (χ1v) is 12.1. The second-order valence-corrected chi connectivity index (χ2v) is 9.80. The molecule has 182 valence electrons. The van der Waals surface area contributed by atoms with Gasteiger partial charge >= 0.3 is 5.97 Å². The zero-order valence-electron chi connectivity index (χ0n) is 20.4. The van der Waals surface area contributed by atoms with Crippen LogP contribution in [0.25, 0.3) is 0 Å². The molecule has 0 bridgehead atoms. The Kier molecular flexibility index (Phi) is 7.18. The topological polar surface area (TPSA) is 73.0 Å². The molecule has 35 heavy (non-hydrogen) atoms. The van der Waals surface area contributed by atoms with E-state index in [0.29, 0.717) is 11.1 Å². The van der Waals surface area contributed by atoms with Crippen LogP contribution in [0.4, 0.5) is 0 Å². The summed E-state index contributed by atoms with van der Waals surface area (Å²) in [6.45, 7) is 11.9. The molecule has 0 saturated carbocycles. The van der Waals surface area contributed by atoms with Crippen molar-refractivity contribution in [3.05, 3.63) is 96.2 Å². The molecule has 0 spiro atoms. The smallest absolute Gasteiger partial charge is 0.334 e. The predicted octanol–water partition coefficient (Wildman–Crippen LogP) is 5.35. The van der Waals surface area contributed by atoms with Crippen molar-refractivity contribution in [1.82, 2.24) is 0 Å². The highest BCUT2D eigenvalue weighted by Gasteiger charge is 2.61. The van der Waals surface area contributed by atoms with Gasteiger partial charge in [0.15, 0.2) is 11.6 Å². The van der Waals surface area contributed by atoms with Crippen molar-refractivity contribution in [3.8, 4) is 0 Å². The molecule has 0 amide bonds. The van der Waals surface area contributed by atoms with E-state index in [9.17, 15) is 14.4 Å². The van der Waals surface area contributed by atoms with Crippen LogP contribution in [0.5, 0.6) is 0 Å². The first-order valence-electron chi connectivity index (χ1n) is 12.1. The molecule has 1 aromatic carbocycles. The molecule has 5 unspecified atom stereocenters. The summed E-state index contributed by atoms with van der Waals surface area (Å²) in [6.07, 6.45) is 11.9. The molecule has 2 heterocycles. The van der Waals surface area contributed by atoms with E-state index in [1.165, 1.54) is 23.8 Å². The van der Waals surface area contributed by atoms with E-state index in [4.69, 9.17) is 9.47 Å². The molecule has 2 aliphatic heterocycles. The summed E-state index contributed by atoms with van der Waals surface area (Å²) in [4.78, 5) is 34.8. The maximum Gasteiger partial charge on any atom is 0.334 e. The van der Waals surface area contributed by atoms with Crippen molar-refractivity contribution in [1.29, 1.82) is 0 Å². The molecule has 4 aliphatic rings. The lowest BCUT2D eigenvalue weighted by Crippen LogP contribution is -2.28. The summed E-state index contributed by atoms with van der Waals surface area (Å²) >= 11 is 0. The number of ketones is 2. The molecule has 2 fully saturated rings. The van der Waals surface area contributed by atoms with Gasteiger partial charge in [0.2, 0.25) is 0 Å². The van der Waals surface area contributed by atoms with Gasteiger partial charge in [0, 0.05) is 23.0 Å². The first-order chi connectivity index (χ1) is 16.7. The summed E-state index contributed by atoms with van der Waals surface area (Å²) < 4.78 is 11.3. The minimum Gasteiger partial charge on any atom is -0.455 e. The van der Waals surface area contributed by atoms with Crippen LogP contribution in [0.2, 0.25) is 0 Å². The lowest BCUT2D eigenvalue weighted by molar-refractivity contribution is -0.140.